The summed E-state index contributed by atoms with van der Waals surface area (Å²) >= 11 is 6.22. The van der Waals surface area contributed by atoms with E-state index in [-0.39, 0.29) is 11.8 Å². The topological polar surface area (TPSA) is 94.4 Å². The number of guanidine groups is 1. The molecule has 0 saturated heterocycles. The van der Waals surface area contributed by atoms with Gasteiger partial charge in [-0.1, -0.05) is 17.7 Å². The molecule has 0 saturated carbocycles. The number of nitrogens with zero attached hydrogens (tertiary/aromatic N) is 2. The summed E-state index contributed by atoms with van der Waals surface area (Å²) in [7, 11) is 0. The molecule has 0 aliphatic heterocycles. The zero-order valence-electron chi connectivity index (χ0n) is 13.3. The fourth-order valence-corrected chi connectivity index (χ4v) is 2.84. The minimum absolute atomic E-state index is 0.297. The number of rotatable bonds is 2. The molecule has 0 fully saturated rings. The Hall–Kier alpha value is -2.99. The molecule has 25 heavy (non-hydrogen) atoms. The maximum absolute atomic E-state index is 13.4. The second kappa shape index (κ2) is 6.49. The lowest BCUT2D eigenvalue weighted by Gasteiger charge is -2.11. The number of aromatic nitrogens is 1. The van der Waals surface area contributed by atoms with Crippen molar-refractivity contribution in [2.24, 2.45) is 16.5 Å². The molecule has 3 aromatic rings. The van der Waals surface area contributed by atoms with E-state index in [0.29, 0.717) is 21.7 Å². The van der Waals surface area contributed by atoms with Gasteiger partial charge < -0.3 is 11.5 Å². The van der Waals surface area contributed by atoms with Gasteiger partial charge in [-0.2, -0.15) is 4.99 Å². The first-order valence-corrected chi connectivity index (χ1v) is 7.73. The van der Waals surface area contributed by atoms with Gasteiger partial charge in [0.05, 0.1) is 10.7 Å². The minimum Gasteiger partial charge on any atom is -0.370 e. The number of aryl methyl sites for hydroxylation is 1. The third kappa shape index (κ3) is 3.29. The van der Waals surface area contributed by atoms with Gasteiger partial charge in [-0.05, 0) is 42.8 Å². The number of carbonyl (C=O) groups is 1. The highest BCUT2D eigenvalue weighted by Gasteiger charge is 2.14. The molecule has 3 rings (SSSR count). The third-order valence-electron chi connectivity index (χ3n) is 3.76. The van der Waals surface area contributed by atoms with E-state index in [2.05, 4.69) is 9.98 Å². The quantitative estimate of drug-likeness (QED) is 0.543. The van der Waals surface area contributed by atoms with E-state index in [1.807, 2.05) is 0 Å². The van der Waals surface area contributed by atoms with Crippen molar-refractivity contribution in [3.05, 3.63) is 64.6 Å². The highest BCUT2D eigenvalue weighted by Crippen LogP contribution is 2.33. The predicted molar refractivity (Wildman–Crippen MR) is 97.0 cm³/mol. The molecular weight excluding hydrogens is 343 g/mol. The summed E-state index contributed by atoms with van der Waals surface area (Å²) < 4.78 is 13.4. The Morgan fingerprint density at radius 2 is 1.92 bits per heavy atom. The van der Waals surface area contributed by atoms with Crippen LogP contribution in [0.2, 0.25) is 5.02 Å². The van der Waals surface area contributed by atoms with Crippen LogP contribution in [0.25, 0.3) is 22.0 Å². The second-order valence-corrected chi connectivity index (χ2v) is 5.92. The van der Waals surface area contributed by atoms with E-state index in [4.69, 9.17) is 23.1 Å². The Bertz CT molecular complexity index is 1030. The van der Waals surface area contributed by atoms with Gasteiger partial charge in [0.2, 0.25) is 0 Å². The van der Waals surface area contributed by atoms with Crippen LogP contribution < -0.4 is 11.5 Å². The molecule has 1 aromatic heterocycles. The van der Waals surface area contributed by atoms with Crippen LogP contribution in [0.3, 0.4) is 0 Å². The zero-order chi connectivity index (χ0) is 18.1. The standard InChI is InChI=1S/C18H14ClFN4O/c1-9-6-11(20)3-5-12(9)16-14-7-10(17(25)24-18(21)22)2-4-13(14)15(19)8-23-16/h2-8H,1H3,(H4,21,22,24,25). The highest BCUT2D eigenvalue weighted by atomic mass is 35.5. The number of halogens is 2. The van der Waals surface area contributed by atoms with E-state index in [9.17, 15) is 9.18 Å². The molecule has 7 heteroatoms. The van der Waals surface area contributed by atoms with Gasteiger partial charge in [0.1, 0.15) is 5.82 Å². The lowest BCUT2D eigenvalue weighted by molar-refractivity contribution is 0.100. The number of amides is 1. The van der Waals surface area contributed by atoms with Crippen LogP contribution in [0.4, 0.5) is 4.39 Å². The van der Waals surface area contributed by atoms with Crippen LogP contribution in [-0.4, -0.2) is 16.9 Å². The number of nitrogens with two attached hydrogens (primary N) is 2. The van der Waals surface area contributed by atoms with Crippen LogP contribution >= 0.6 is 11.6 Å². The normalized spacial score (nSPS) is 10.7. The van der Waals surface area contributed by atoms with Crippen molar-refractivity contribution in [3.63, 3.8) is 0 Å². The first-order chi connectivity index (χ1) is 11.9. The molecule has 5 nitrogen and oxygen atoms in total. The largest absolute Gasteiger partial charge is 0.370 e. The molecule has 0 unspecified atom stereocenters. The van der Waals surface area contributed by atoms with Gasteiger partial charge in [0.25, 0.3) is 5.91 Å². The predicted octanol–water partition coefficient (Wildman–Crippen LogP) is 3.42. The SMILES string of the molecule is Cc1cc(F)ccc1-c1ncc(Cl)c2ccc(C(=O)N=C(N)N)cc12. The number of fused-ring (bicyclic) bond motifs is 1. The Kier molecular flexibility index (Phi) is 4.37. The van der Waals surface area contributed by atoms with E-state index < -0.39 is 5.91 Å². The molecule has 2 aromatic carbocycles. The molecule has 0 radical (unpaired) electrons. The van der Waals surface area contributed by atoms with Crippen LogP contribution in [0.5, 0.6) is 0 Å². The lowest BCUT2D eigenvalue weighted by atomic mass is 9.98. The molecule has 0 atom stereocenters. The van der Waals surface area contributed by atoms with Crippen molar-refractivity contribution in [1.29, 1.82) is 0 Å². The number of hydrogen-bond acceptors (Lipinski definition) is 2. The molecule has 1 heterocycles. The number of benzene rings is 2. The molecular formula is C18H14ClFN4O. The number of pyridine rings is 1. The Labute approximate surface area is 148 Å². The maximum Gasteiger partial charge on any atom is 0.280 e. The summed E-state index contributed by atoms with van der Waals surface area (Å²) in [4.78, 5) is 20.0. The molecule has 0 bridgehead atoms. The first kappa shape index (κ1) is 16.9. The van der Waals surface area contributed by atoms with E-state index in [0.717, 1.165) is 16.5 Å². The molecule has 0 spiro atoms. The molecule has 0 aliphatic carbocycles. The van der Waals surface area contributed by atoms with Gasteiger partial charge in [0.15, 0.2) is 5.96 Å². The Morgan fingerprint density at radius 3 is 2.60 bits per heavy atom. The van der Waals surface area contributed by atoms with Crippen molar-refractivity contribution in [2.75, 3.05) is 0 Å². The third-order valence-corrected chi connectivity index (χ3v) is 4.06. The fraction of sp³-hybridized carbons (Fsp3) is 0.0556. The van der Waals surface area contributed by atoms with Gasteiger partial charge in [-0.3, -0.25) is 9.78 Å². The number of aliphatic imine (C=N–C) groups is 1. The average Bonchev–Trinajstić information content (AvgIpc) is 2.55. The van der Waals surface area contributed by atoms with E-state index >= 15 is 0 Å². The van der Waals surface area contributed by atoms with Crippen LogP contribution in [0, 0.1) is 12.7 Å². The van der Waals surface area contributed by atoms with E-state index in [1.54, 1.807) is 31.2 Å². The van der Waals surface area contributed by atoms with Crippen molar-refractivity contribution in [1.82, 2.24) is 4.98 Å². The summed E-state index contributed by atoms with van der Waals surface area (Å²) in [6, 6.07) is 9.35. The number of carbonyl (C=O) groups excluding carboxylic acids is 1. The summed E-state index contributed by atoms with van der Waals surface area (Å²) in [5, 5.41) is 1.81. The van der Waals surface area contributed by atoms with Gasteiger partial charge in [0, 0.05) is 28.1 Å². The second-order valence-electron chi connectivity index (χ2n) is 5.52. The fourth-order valence-electron chi connectivity index (χ4n) is 2.63. The van der Waals surface area contributed by atoms with Gasteiger partial charge >= 0.3 is 0 Å². The summed E-state index contributed by atoms with van der Waals surface area (Å²) in [6.07, 6.45) is 1.53. The van der Waals surface area contributed by atoms with Crippen molar-refractivity contribution < 1.29 is 9.18 Å². The Morgan fingerprint density at radius 1 is 1.16 bits per heavy atom. The summed E-state index contributed by atoms with van der Waals surface area (Å²) in [5.41, 5.74) is 12.9. The number of hydrogen-bond donors (Lipinski definition) is 2. The molecule has 0 aliphatic rings. The molecule has 126 valence electrons. The monoisotopic (exact) mass is 356 g/mol. The van der Waals surface area contributed by atoms with Crippen molar-refractivity contribution >= 4 is 34.2 Å². The Balaban J connectivity index is 2.27. The van der Waals surface area contributed by atoms with Crippen molar-refractivity contribution in [3.8, 4) is 11.3 Å². The first-order valence-electron chi connectivity index (χ1n) is 7.35. The van der Waals surface area contributed by atoms with Gasteiger partial charge in [-0.15, -0.1) is 0 Å². The summed E-state index contributed by atoms with van der Waals surface area (Å²) in [5.74, 6) is -1.21. The zero-order valence-corrected chi connectivity index (χ0v) is 14.0. The molecule has 1 amide bonds. The average molecular weight is 357 g/mol. The van der Waals surface area contributed by atoms with Crippen LogP contribution in [0.15, 0.2) is 47.6 Å². The smallest absolute Gasteiger partial charge is 0.280 e. The maximum atomic E-state index is 13.4. The molecule has 4 N–H and O–H groups in total. The van der Waals surface area contributed by atoms with Crippen LogP contribution in [0.1, 0.15) is 15.9 Å². The van der Waals surface area contributed by atoms with E-state index in [1.165, 1.54) is 18.3 Å². The summed E-state index contributed by atoms with van der Waals surface area (Å²) in [6.45, 7) is 1.79. The minimum atomic E-state index is -0.566. The lowest BCUT2D eigenvalue weighted by Crippen LogP contribution is -2.24. The highest BCUT2D eigenvalue weighted by molar-refractivity contribution is 6.35. The van der Waals surface area contributed by atoms with Crippen LogP contribution in [-0.2, 0) is 0 Å². The van der Waals surface area contributed by atoms with Gasteiger partial charge in [-0.25, -0.2) is 4.39 Å². The van der Waals surface area contributed by atoms with Crippen molar-refractivity contribution in [2.45, 2.75) is 6.92 Å².